The summed E-state index contributed by atoms with van der Waals surface area (Å²) in [6, 6.07) is 10.4. The van der Waals surface area contributed by atoms with Crippen molar-refractivity contribution in [2.75, 3.05) is 32.8 Å². The molecule has 0 bridgehead atoms. The molecule has 1 aromatic carbocycles. The molecule has 3 heterocycles. The molecule has 1 saturated heterocycles. The zero-order valence-electron chi connectivity index (χ0n) is 19.2. The first kappa shape index (κ1) is 23.6. The van der Waals surface area contributed by atoms with Gasteiger partial charge >= 0.3 is 6.09 Å². The Morgan fingerprint density at radius 3 is 2.50 bits per heavy atom. The van der Waals surface area contributed by atoms with E-state index >= 15 is 0 Å². The van der Waals surface area contributed by atoms with Gasteiger partial charge in [-0.15, -0.1) is 0 Å². The van der Waals surface area contributed by atoms with E-state index < -0.39 is 11.9 Å². The van der Waals surface area contributed by atoms with E-state index in [1.54, 1.807) is 59.9 Å². The quantitative estimate of drug-likeness (QED) is 0.595. The number of carbonyl (C=O) groups excluding carboxylic acids is 1. The van der Waals surface area contributed by atoms with E-state index in [-0.39, 0.29) is 29.5 Å². The van der Waals surface area contributed by atoms with Crippen LogP contribution in [0.25, 0.3) is 0 Å². The summed E-state index contributed by atoms with van der Waals surface area (Å²) < 4.78 is 25.8. The van der Waals surface area contributed by atoms with Gasteiger partial charge in [-0.25, -0.2) is 9.18 Å². The number of piperazine rings is 1. The molecule has 0 saturated carbocycles. The van der Waals surface area contributed by atoms with E-state index in [9.17, 15) is 19.1 Å². The van der Waals surface area contributed by atoms with Gasteiger partial charge in [-0.2, -0.15) is 0 Å². The van der Waals surface area contributed by atoms with Crippen LogP contribution in [0.4, 0.5) is 9.18 Å². The Morgan fingerprint density at radius 2 is 1.88 bits per heavy atom. The van der Waals surface area contributed by atoms with Crippen molar-refractivity contribution in [3.8, 4) is 5.75 Å². The highest BCUT2D eigenvalue weighted by Gasteiger charge is 2.32. The largest absolute Gasteiger partial charge is 0.507 e. The summed E-state index contributed by atoms with van der Waals surface area (Å²) >= 11 is 0. The van der Waals surface area contributed by atoms with Gasteiger partial charge in [-0.05, 0) is 49.7 Å². The normalized spacial score (nSPS) is 15.3. The molecule has 1 unspecified atom stereocenters. The fourth-order valence-corrected chi connectivity index (χ4v) is 4.36. The highest BCUT2D eigenvalue weighted by molar-refractivity contribution is 5.67. The van der Waals surface area contributed by atoms with Gasteiger partial charge in [0, 0.05) is 31.9 Å². The first-order chi connectivity index (χ1) is 16.4. The molecule has 3 aromatic rings. The van der Waals surface area contributed by atoms with Gasteiger partial charge in [0.15, 0.2) is 0 Å². The van der Waals surface area contributed by atoms with Crippen LogP contribution in [0.1, 0.15) is 35.5 Å². The van der Waals surface area contributed by atoms with Crippen LogP contribution >= 0.6 is 0 Å². The summed E-state index contributed by atoms with van der Waals surface area (Å²) in [6.45, 7) is 5.73. The van der Waals surface area contributed by atoms with Crippen LogP contribution in [0.15, 0.2) is 57.9 Å². The lowest BCUT2D eigenvalue weighted by molar-refractivity contribution is 0.0709. The third-order valence-electron chi connectivity index (χ3n) is 6.08. The maximum absolute atomic E-state index is 13.7. The third kappa shape index (κ3) is 4.84. The number of benzene rings is 1. The number of aromatic nitrogens is 1. The van der Waals surface area contributed by atoms with E-state index in [0.717, 1.165) is 0 Å². The van der Waals surface area contributed by atoms with Crippen molar-refractivity contribution in [1.29, 1.82) is 0 Å². The van der Waals surface area contributed by atoms with Gasteiger partial charge in [0.2, 0.25) is 0 Å². The SMILES string of the molecule is CCOC(=O)N1CCN(C(c2ccc(F)cc2)c2c(O)cc(C)n(Cc3ccco3)c2=O)CC1. The van der Waals surface area contributed by atoms with E-state index in [1.807, 2.05) is 4.90 Å². The average molecular weight is 470 g/mol. The smallest absolute Gasteiger partial charge is 0.409 e. The lowest BCUT2D eigenvalue weighted by Gasteiger charge is -2.39. The Bertz CT molecular complexity index is 1180. The molecular weight excluding hydrogens is 441 g/mol. The number of furan rings is 1. The number of pyridine rings is 1. The van der Waals surface area contributed by atoms with Crippen LogP contribution < -0.4 is 5.56 Å². The topological polar surface area (TPSA) is 88.2 Å². The van der Waals surface area contributed by atoms with Crippen molar-refractivity contribution in [2.24, 2.45) is 0 Å². The Hall–Kier alpha value is -3.59. The maximum atomic E-state index is 13.7. The monoisotopic (exact) mass is 469 g/mol. The van der Waals surface area contributed by atoms with Gasteiger partial charge in [-0.1, -0.05) is 12.1 Å². The summed E-state index contributed by atoms with van der Waals surface area (Å²) in [7, 11) is 0. The number of rotatable bonds is 6. The molecule has 34 heavy (non-hydrogen) atoms. The van der Waals surface area contributed by atoms with Crippen molar-refractivity contribution >= 4 is 6.09 Å². The third-order valence-corrected chi connectivity index (χ3v) is 6.08. The first-order valence-corrected chi connectivity index (χ1v) is 11.3. The number of amides is 1. The predicted octanol–water partition coefficient (Wildman–Crippen LogP) is 3.51. The number of nitrogens with zero attached hydrogens (tertiary/aromatic N) is 3. The minimum atomic E-state index is -0.624. The zero-order valence-corrected chi connectivity index (χ0v) is 19.2. The Morgan fingerprint density at radius 1 is 1.18 bits per heavy atom. The van der Waals surface area contributed by atoms with Crippen molar-refractivity contribution in [1.82, 2.24) is 14.4 Å². The number of carbonyl (C=O) groups is 1. The van der Waals surface area contributed by atoms with Gasteiger partial charge in [0.05, 0.1) is 31.0 Å². The number of halogens is 1. The number of hydrogen-bond donors (Lipinski definition) is 1. The van der Waals surface area contributed by atoms with Crippen LogP contribution in [0.5, 0.6) is 5.75 Å². The second-order valence-corrected chi connectivity index (χ2v) is 8.23. The lowest BCUT2D eigenvalue weighted by Crippen LogP contribution is -2.50. The average Bonchev–Trinajstić information content (AvgIpc) is 3.34. The fraction of sp³-hybridized carbons (Fsp3) is 0.360. The van der Waals surface area contributed by atoms with Crippen LogP contribution in [0, 0.1) is 12.7 Å². The molecule has 1 aliphatic heterocycles. The summed E-state index contributed by atoms with van der Waals surface area (Å²) in [5, 5.41) is 10.9. The van der Waals surface area contributed by atoms with Crippen molar-refractivity contribution in [2.45, 2.75) is 26.4 Å². The van der Waals surface area contributed by atoms with Crippen molar-refractivity contribution in [3.05, 3.63) is 87.5 Å². The molecule has 180 valence electrons. The van der Waals surface area contributed by atoms with E-state index in [2.05, 4.69) is 0 Å². The molecule has 4 rings (SSSR count). The molecule has 1 fully saturated rings. The molecule has 0 aliphatic carbocycles. The number of aryl methyl sites for hydroxylation is 1. The standard InChI is InChI=1S/C25H28FN3O5/c1-3-33-25(32)28-12-10-27(11-13-28)23(18-6-8-19(26)9-7-18)22-21(30)15-17(2)29(24(22)31)16-20-5-4-14-34-20/h4-9,14-15,23,30H,3,10-13,16H2,1-2H3. The lowest BCUT2D eigenvalue weighted by atomic mass is 9.96. The first-order valence-electron chi connectivity index (χ1n) is 11.3. The Balaban J connectivity index is 1.74. The van der Waals surface area contributed by atoms with Crippen molar-refractivity contribution in [3.63, 3.8) is 0 Å². The van der Waals surface area contributed by atoms with Crippen LogP contribution in [-0.4, -0.2) is 58.4 Å². The summed E-state index contributed by atoms with van der Waals surface area (Å²) in [5.41, 5.74) is 1.11. The van der Waals surface area contributed by atoms with Crippen molar-refractivity contribution < 1.29 is 23.4 Å². The molecule has 9 heteroatoms. The molecule has 2 aromatic heterocycles. The van der Waals surface area contributed by atoms with E-state index in [1.165, 1.54) is 12.1 Å². The summed E-state index contributed by atoms with van der Waals surface area (Å²) in [6.07, 6.45) is 1.17. The highest BCUT2D eigenvalue weighted by atomic mass is 19.1. The second kappa shape index (κ2) is 10.1. The number of ether oxygens (including phenoxy) is 1. The van der Waals surface area contributed by atoms with Gasteiger partial charge in [0.25, 0.3) is 5.56 Å². The predicted molar refractivity (Wildman–Crippen MR) is 123 cm³/mol. The van der Waals surface area contributed by atoms with Crippen LogP contribution in [0.2, 0.25) is 0 Å². The molecule has 1 atom stereocenters. The minimum absolute atomic E-state index is 0.125. The van der Waals surface area contributed by atoms with Gasteiger partial charge < -0.3 is 23.7 Å². The van der Waals surface area contributed by atoms with Gasteiger partial charge in [0.1, 0.15) is 17.3 Å². The maximum Gasteiger partial charge on any atom is 0.409 e. The molecule has 0 radical (unpaired) electrons. The van der Waals surface area contributed by atoms with Crippen LogP contribution in [0.3, 0.4) is 0 Å². The summed E-state index contributed by atoms with van der Waals surface area (Å²) in [5.74, 6) is 0.0987. The highest BCUT2D eigenvalue weighted by Crippen LogP contribution is 2.33. The van der Waals surface area contributed by atoms with E-state index in [0.29, 0.717) is 49.8 Å². The molecular formula is C25H28FN3O5. The zero-order chi connectivity index (χ0) is 24.2. The molecule has 8 nitrogen and oxygen atoms in total. The van der Waals surface area contributed by atoms with E-state index in [4.69, 9.17) is 9.15 Å². The molecule has 1 amide bonds. The number of aromatic hydroxyl groups is 1. The van der Waals surface area contributed by atoms with Crippen LogP contribution in [-0.2, 0) is 11.3 Å². The Labute approximate surface area is 196 Å². The Kier molecular flexibility index (Phi) is 7.02. The summed E-state index contributed by atoms with van der Waals surface area (Å²) in [4.78, 5) is 29.5. The molecule has 1 N–H and O–H groups in total. The fourth-order valence-electron chi connectivity index (χ4n) is 4.36. The second-order valence-electron chi connectivity index (χ2n) is 8.23. The number of hydrogen-bond acceptors (Lipinski definition) is 6. The minimum Gasteiger partial charge on any atom is -0.507 e. The molecule has 1 aliphatic rings. The van der Waals surface area contributed by atoms with Gasteiger partial charge in [-0.3, -0.25) is 9.69 Å². The molecule has 0 spiro atoms.